The Balaban J connectivity index is 2.42. The van der Waals surface area contributed by atoms with Crippen LogP contribution in [0.2, 0.25) is 0 Å². The molecule has 1 unspecified atom stereocenters. The summed E-state index contributed by atoms with van der Waals surface area (Å²) in [6.45, 7) is 8.70. The summed E-state index contributed by atoms with van der Waals surface area (Å²) in [5, 5.41) is 0. The second-order valence-electron chi connectivity index (χ2n) is 5.80. The van der Waals surface area contributed by atoms with Crippen molar-refractivity contribution in [3.8, 4) is 0 Å². The van der Waals surface area contributed by atoms with Crippen LogP contribution in [0, 0.1) is 11.3 Å². The Hall–Kier alpha value is -0.410. The van der Waals surface area contributed by atoms with Gasteiger partial charge in [-0.25, -0.2) is 0 Å². The fourth-order valence-corrected chi connectivity index (χ4v) is 2.90. The minimum Gasteiger partial charge on any atom is -0.306 e. The van der Waals surface area contributed by atoms with E-state index >= 15 is 0 Å². The fraction of sp³-hybridized carbons (Fsp3) is 0.929. The summed E-state index contributed by atoms with van der Waals surface area (Å²) in [6, 6.07) is 0. The number of carbonyl (C=O) groups is 1. The quantitative estimate of drug-likeness (QED) is 0.635. The Labute approximate surface area is 106 Å². The lowest BCUT2D eigenvalue weighted by molar-refractivity contribution is -0.117. The van der Waals surface area contributed by atoms with E-state index in [2.05, 4.69) is 37.7 Å². The van der Waals surface area contributed by atoms with Crippen LogP contribution in [0.25, 0.3) is 0 Å². The predicted octanol–water partition coefficient (Wildman–Crippen LogP) is 1.88. The molecule has 1 aliphatic heterocycles. The van der Waals surface area contributed by atoms with E-state index in [0.29, 0.717) is 0 Å². The highest BCUT2D eigenvalue weighted by Crippen LogP contribution is 2.25. The molecule has 0 radical (unpaired) electrons. The first-order valence-electron chi connectivity index (χ1n) is 6.88. The van der Waals surface area contributed by atoms with Gasteiger partial charge in [-0.3, -0.25) is 0 Å². The van der Waals surface area contributed by atoms with E-state index in [-0.39, 0.29) is 5.41 Å². The highest BCUT2D eigenvalue weighted by atomic mass is 16.1. The smallest absolute Gasteiger partial charge is 0.127 e. The third-order valence-corrected chi connectivity index (χ3v) is 4.30. The van der Waals surface area contributed by atoms with Gasteiger partial charge in [-0.1, -0.05) is 13.8 Å². The Kier molecular flexibility index (Phi) is 5.60. The van der Waals surface area contributed by atoms with Crippen molar-refractivity contribution < 1.29 is 4.79 Å². The zero-order chi connectivity index (χ0) is 12.9. The number of hydrogen-bond donors (Lipinski definition) is 0. The fourth-order valence-electron chi connectivity index (χ4n) is 2.90. The van der Waals surface area contributed by atoms with Gasteiger partial charge in [0.1, 0.15) is 6.29 Å². The topological polar surface area (TPSA) is 23.6 Å². The van der Waals surface area contributed by atoms with E-state index < -0.39 is 0 Å². The van der Waals surface area contributed by atoms with Gasteiger partial charge in [-0.15, -0.1) is 0 Å². The Morgan fingerprint density at radius 3 is 2.47 bits per heavy atom. The van der Waals surface area contributed by atoms with E-state index in [1.165, 1.54) is 25.8 Å². The van der Waals surface area contributed by atoms with Gasteiger partial charge in [0.15, 0.2) is 0 Å². The largest absolute Gasteiger partial charge is 0.306 e. The standard InChI is InChI=1S/C14H28N2O/c1-5-14(6-2,12-17)11-16(4)10-13-7-8-15(3)9-13/h12-13H,5-11H2,1-4H3. The monoisotopic (exact) mass is 240 g/mol. The molecule has 0 bridgehead atoms. The lowest BCUT2D eigenvalue weighted by atomic mass is 9.83. The number of aldehydes is 1. The number of carbonyl (C=O) groups excluding carboxylic acids is 1. The number of rotatable bonds is 7. The summed E-state index contributed by atoms with van der Waals surface area (Å²) in [4.78, 5) is 16.0. The molecule has 0 amide bonds. The van der Waals surface area contributed by atoms with Crippen LogP contribution in [-0.2, 0) is 4.79 Å². The van der Waals surface area contributed by atoms with Crippen LogP contribution in [0.3, 0.4) is 0 Å². The van der Waals surface area contributed by atoms with Gasteiger partial charge in [0, 0.05) is 25.0 Å². The zero-order valence-corrected chi connectivity index (χ0v) is 11.9. The van der Waals surface area contributed by atoms with Crippen LogP contribution in [-0.4, -0.2) is 56.4 Å². The van der Waals surface area contributed by atoms with Crippen molar-refractivity contribution in [2.45, 2.75) is 33.1 Å². The molecular formula is C14H28N2O. The van der Waals surface area contributed by atoms with Crippen LogP contribution in [0.15, 0.2) is 0 Å². The highest BCUT2D eigenvalue weighted by molar-refractivity contribution is 5.59. The maximum atomic E-state index is 11.3. The molecule has 17 heavy (non-hydrogen) atoms. The van der Waals surface area contributed by atoms with Crippen molar-refractivity contribution in [1.82, 2.24) is 9.80 Å². The molecule has 0 N–H and O–H groups in total. The zero-order valence-electron chi connectivity index (χ0n) is 11.9. The van der Waals surface area contributed by atoms with Gasteiger partial charge in [-0.05, 0) is 45.8 Å². The van der Waals surface area contributed by atoms with Crippen LogP contribution < -0.4 is 0 Å². The molecule has 1 fully saturated rings. The summed E-state index contributed by atoms with van der Waals surface area (Å²) in [6.07, 6.45) is 4.36. The molecule has 0 aromatic carbocycles. The third kappa shape index (κ3) is 4.07. The average molecular weight is 240 g/mol. The second-order valence-corrected chi connectivity index (χ2v) is 5.80. The summed E-state index contributed by atoms with van der Waals surface area (Å²) in [5.41, 5.74) is -0.126. The molecule has 1 saturated heterocycles. The molecule has 1 aliphatic rings. The lowest BCUT2D eigenvalue weighted by Gasteiger charge is -2.31. The molecule has 1 heterocycles. The van der Waals surface area contributed by atoms with Crippen molar-refractivity contribution in [3.63, 3.8) is 0 Å². The van der Waals surface area contributed by atoms with Gasteiger partial charge in [-0.2, -0.15) is 0 Å². The first-order chi connectivity index (χ1) is 8.05. The third-order valence-electron chi connectivity index (χ3n) is 4.30. The molecule has 0 aliphatic carbocycles. The van der Waals surface area contributed by atoms with Gasteiger partial charge in [0.25, 0.3) is 0 Å². The predicted molar refractivity (Wildman–Crippen MR) is 72.2 cm³/mol. The van der Waals surface area contributed by atoms with Gasteiger partial charge < -0.3 is 14.6 Å². The van der Waals surface area contributed by atoms with Crippen molar-refractivity contribution in [1.29, 1.82) is 0 Å². The number of hydrogen-bond acceptors (Lipinski definition) is 3. The SMILES string of the molecule is CCC(C=O)(CC)CN(C)CC1CCN(C)C1. The summed E-state index contributed by atoms with van der Waals surface area (Å²) in [5.74, 6) is 0.781. The van der Waals surface area contributed by atoms with Crippen molar-refractivity contribution in [2.24, 2.45) is 11.3 Å². The molecular weight excluding hydrogens is 212 g/mol. The molecule has 0 aromatic rings. The molecule has 100 valence electrons. The molecule has 0 aromatic heterocycles. The van der Waals surface area contributed by atoms with Crippen LogP contribution in [0.4, 0.5) is 0 Å². The molecule has 3 nitrogen and oxygen atoms in total. The first kappa shape index (κ1) is 14.7. The number of likely N-dealkylation sites (tertiary alicyclic amines) is 1. The van der Waals surface area contributed by atoms with Crippen LogP contribution >= 0.6 is 0 Å². The Bertz CT molecular complexity index is 238. The van der Waals surface area contributed by atoms with E-state index in [4.69, 9.17) is 0 Å². The Morgan fingerprint density at radius 1 is 1.41 bits per heavy atom. The summed E-state index contributed by atoms with van der Waals surface area (Å²) >= 11 is 0. The van der Waals surface area contributed by atoms with Crippen molar-refractivity contribution in [2.75, 3.05) is 40.3 Å². The van der Waals surface area contributed by atoms with Crippen molar-refractivity contribution >= 4 is 6.29 Å². The molecule has 1 rings (SSSR count). The van der Waals surface area contributed by atoms with Crippen LogP contribution in [0.1, 0.15) is 33.1 Å². The maximum absolute atomic E-state index is 11.3. The minimum absolute atomic E-state index is 0.126. The molecule has 3 heteroatoms. The van der Waals surface area contributed by atoms with Crippen molar-refractivity contribution in [3.05, 3.63) is 0 Å². The lowest BCUT2D eigenvalue weighted by Crippen LogP contribution is -2.38. The van der Waals surface area contributed by atoms with Gasteiger partial charge in [0.2, 0.25) is 0 Å². The summed E-state index contributed by atoms with van der Waals surface area (Å²) < 4.78 is 0. The first-order valence-corrected chi connectivity index (χ1v) is 6.88. The van der Waals surface area contributed by atoms with Crippen LogP contribution in [0.5, 0.6) is 0 Å². The van der Waals surface area contributed by atoms with E-state index in [9.17, 15) is 4.79 Å². The average Bonchev–Trinajstić information content (AvgIpc) is 2.72. The van der Waals surface area contributed by atoms with E-state index in [1.807, 2.05) is 0 Å². The molecule has 0 saturated carbocycles. The maximum Gasteiger partial charge on any atom is 0.127 e. The molecule has 0 spiro atoms. The normalized spacial score (nSPS) is 22.3. The van der Waals surface area contributed by atoms with E-state index in [1.54, 1.807) is 0 Å². The minimum atomic E-state index is -0.126. The highest BCUT2D eigenvalue weighted by Gasteiger charge is 2.29. The number of nitrogens with zero attached hydrogens (tertiary/aromatic N) is 2. The second kappa shape index (κ2) is 6.50. The Morgan fingerprint density at radius 2 is 2.06 bits per heavy atom. The van der Waals surface area contributed by atoms with Gasteiger partial charge in [0.05, 0.1) is 0 Å². The van der Waals surface area contributed by atoms with Gasteiger partial charge >= 0.3 is 0 Å². The summed E-state index contributed by atoms with van der Waals surface area (Å²) in [7, 11) is 4.34. The molecule has 1 atom stereocenters. The van der Waals surface area contributed by atoms with E-state index in [0.717, 1.165) is 31.8 Å².